The van der Waals surface area contributed by atoms with Crippen molar-refractivity contribution in [3.8, 4) is 5.69 Å². The number of anilines is 1. The smallest absolute Gasteiger partial charge is 0.241 e. The van der Waals surface area contributed by atoms with E-state index in [4.69, 9.17) is 5.73 Å². The number of aromatic nitrogens is 3. The highest BCUT2D eigenvalue weighted by molar-refractivity contribution is 5.95. The Hall–Kier alpha value is -2.21. The molecule has 1 heterocycles. The van der Waals surface area contributed by atoms with Crippen LogP contribution < -0.4 is 11.1 Å². The Morgan fingerprint density at radius 1 is 1.32 bits per heavy atom. The number of hydrogen-bond acceptors (Lipinski definition) is 4. The molecule has 100 valence electrons. The molecule has 6 heteroatoms. The molecule has 0 fully saturated rings. The van der Waals surface area contributed by atoms with Crippen LogP contribution in [0.3, 0.4) is 0 Å². The lowest BCUT2D eigenvalue weighted by molar-refractivity contribution is -0.118. The minimum atomic E-state index is -0.515. The average molecular weight is 259 g/mol. The van der Waals surface area contributed by atoms with Crippen molar-refractivity contribution in [2.75, 3.05) is 5.32 Å². The molecule has 0 aliphatic carbocycles. The van der Waals surface area contributed by atoms with Gasteiger partial charge in [-0.15, -0.1) is 10.2 Å². The van der Waals surface area contributed by atoms with Gasteiger partial charge in [-0.2, -0.15) is 0 Å². The lowest BCUT2D eigenvalue weighted by Crippen LogP contribution is -2.39. The summed E-state index contributed by atoms with van der Waals surface area (Å²) in [5, 5.41) is 10.3. The van der Waals surface area contributed by atoms with Gasteiger partial charge in [0.25, 0.3) is 0 Å². The molecule has 3 N–H and O–H groups in total. The number of nitrogens with two attached hydrogens (primary N) is 1. The molecule has 2 rings (SSSR count). The fourth-order valence-corrected chi connectivity index (χ4v) is 1.61. The SMILES string of the molecule is CC(C)[C@H](N)C(=O)Nc1cccc(-n2cnnc2)c1. The first kappa shape index (κ1) is 13.2. The molecule has 0 bridgehead atoms. The number of carbonyl (C=O) groups is 1. The molecular weight excluding hydrogens is 242 g/mol. The molecule has 0 aliphatic heterocycles. The van der Waals surface area contributed by atoms with Crippen LogP contribution in [-0.2, 0) is 4.79 Å². The molecule has 0 saturated carbocycles. The van der Waals surface area contributed by atoms with E-state index in [0.29, 0.717) is 5.69 Å². The molecule has 19 heavy (non-hydrogen) atoms. The normalized spacial score (nSPS) is 12.4. The van der Waals surface area contributed by atoms with Gasteiger partial charge < -0.3 is 11.1 Å². The Kier molecular flexibility index (Phi) is 3.91. The maximum absolute atomic E-state index is 11.9. The van der Waals surface area contributed by atoms with Crippen LogP contribution >= 0.6 is 0 Å². The van der Waals surface area contributed by atoms with Crippen molar-refractivity contribution in [3.05, 3.63) is 36.9 Å². The first-order valence-electron chi connectivity index (χ1n) is 6.09. The third-order valence-corrected chi connectivity index (χ3v) is 2.85. The van der Waals surface area contributed by atoms with Crippen molar-refractivity contribution >= 4 is 11.6 Å². The fraction of sp³-hybridized carbons (Fsp3) is 0.308. The minimum absolute atomic E-state index is 0.0982. The zero-order chi connectivity index (χ0) is 13.8. The molecule has 2 aromatic rings. The Balaban J connectivity index is 2.14. The maximum Gasteiger partial charge on any atom is 0.241 e. The van der Waals surface area contributed by atoms with E-state index in [9.17, 15) is 4.79 Å². The molecule has 0 spiro atoms. The van der Waals surface area contributed by atoms with E-state index < -0.39 is 6.04 Å². The summed E-state index contributed by atoms with van der Waals surface area (Å²) in [4.78, 5) is 11.9. The molecule has 1 aromatic carbocycles. The lowest BCUT2D eigenvalue weighted by Gasteiger charge is -2.15. The summed E-state index contributed by atoms with van der Waals surface area (Å²) in [6.45, 7) is 3.83. The zero-order valence-corrected chi connectivity index (χ0v) is 10.9. The van der Waals surface area contributed by atoms with Gasteiger partial charge >= 0.3 is 0 Å². The second-order valence-electron chi connectivity index (χ2n) is 4.68. The molecule has 1 atom stereocenters. The van der Waals surface area contributed by atoms with Crippen LogP contribution in [0.2, 0.25) is 0 Å². The largest absolute Gasteiger partial charge is 0.325 e. The number of nitrogens with one attached hydrogen (secondary N) is 1. The Labute approximate surface area is 111 Å². The second-order valence-corrected chi connectivity index (χ2v) is 4.68. The topological polar surface area (TPSA) is 85.8 Å². The summed E-state index contributed by atoms with van der Waals surface area (Å²) in [5.41, 5.74) is 7.38. The maximum atomic E-state index is 11.9. The molecule has 1 amide bonds. The van der Waals surface area contributed by atoms with Crippen molar-refractivity contribution in [3.63, 3.8) is 0 Å². The Bertz CT molecular complexity index is 550. The lowest BCUT2D eigenvalue weighted by atomic mass is 10.0. The van der Waals surface area contributed by atoms with Gasteiger partial charge in [0, 0.05) is 5.69 Å². The monoisotopic (exact) mass is 259 g/mol. The fourth-order valence-electron chi connectivity index (χ4n) is 1.61. The summed E-state index contributed by atoms with van der Waals surface area (Å²) in [7, 11) is 0. The molecular formula is C13H17N5O. The third kappa shape index (κ3) is 3.17. The van der Waals surface area contributed by atoms with Gasteiger partial charge in [0.1, 0.15) is 12.7 Å². The van der Waals surface area contributed by atoms with E-state index in [2.05, 4.69) is 15.5 Å². The van der Waals surface area contributed by atoms with Crippen LogP contribution in [0.25, 0.3) is 5.69 Å². The zero-order valence-electron chi connectivity index (χ0n) is 10.9. The van der Waals surface area contributed by atoms with Gasteiger partial charge in [0.15, 0.2) is 0 Å². The highest BCUT2D eigenvalue weighted by Gasteiger charge is 2.17. The van der Waals surface area contributed by atoms with Crippen molar-refractivity contribution in [1.29, 1.82) is 0 Å². The van der Waals surface area contributed by atoms with E-state index in [1.807, 2.05) is 38.1 Å². The van der Waals surface area contributed by atoms with Crippen LogP contribution in [0.1, 0.15) is 13.8 Å². The first-order chi connectivity index (χ1) is 9.08. The highest BCUT2D eigenvalue weighted by Crippen LogP contribution is 2.14. The van der Waals surface area contributed by atoms with Gasteiger partial charge in [-0.25, -0.2) is 0 Å². The highest BCUT2D eigenvalue weighted by atomic mass is 16.2. The van der Waals surface area contributed by atoms with E-state index in [1.54, 1.807) is 17.2 Å². The van der Waals surface area contributed by atoms with Crippen LogP contribution in [0.5, 0.6) is 0 Å². The van der Waals surface area contributed by atoms with Crippen LogP contribution in [-0.4, -0.2) is 26.7 Å². The summed E-state index contributed by atoms with van der Waals surface area (Å²) in [6, 6.07) is 6.90. The van der Waals surface area contributed by atoms with Gasteiger partial charge in [0.2, 0.25) is 5.91 Å². The number of hydrogen-bond donors (Lipinski definition) is 2. The average Bonchev–Trinajstić information content (AvgIpc) is 2.91. The molecule has 1 aromatic heterocycles. The van der Waals surface area contributed by atoms with Crippen molar-refractivity contribution in [1.82, 2.24) is 14.8 Å². The Morgan fingerprint density at radius 3 is 2.63 bits per heavy atom. The summed E-state index contributed by atoms with van der Waals surface area (Å²) >= 11 is 0. The molecule has 6 nitrogen and oxygen atoms in total. The van der Waals surface area contributed by atoms with Crippen LogP contribution in [0.4, 0.5) is 5.69 Å². The summed E-state index contributed by atoms with van der Waals surface area (Å²) in [5.74, 6) is -0.0862. The van der Waals surface area contributed by atoms with E-state index in [0.717, 1.165) is 5.69 Å². The third-order valence-electron chi connectivity index (χ3n) is 2.85. The molecule has 0 unspecified atom stereocenters. The molecule has 0 aliphatic rings. The Morgan fingerprint density at radius 2 is 2.00 bits per heavy atom. The quantitative estimate of drug-likeness (QED) is 0.863. The van der Waals surface area contributed by atoms with Gasteiger partial charge in [-0.05, 0) is 24.1 Å². The first-order valence-corrected chi connectivity index (χ1v) is 6.09. The minimum Gasteiger partial charge on any atom is -0.325 e. The summed E-state index contributed by atoms with van der Waals surface area (Å²) in [6.07, 6.45) is 3.20. The summed E-state index contributed by atoms with van der Waals surface area (Å²) < 4.78 is 1.76. The van der Waals surface area contributed by atoms with Gasteiger partial charge in [-0.3, -0.25) is 9.36 Å². The van der Waals surface area contributed by atoms with Crippen LogP contribution in [0.15, 0.2) is 36.9 Å². The van der Waals surface area contributed by atoms with Crippen LogP contribution in [0, 0.1) is 5.92 Å². The number of carbonyl (C=O) groups excluding carboxylic acids is 1. The second kappa shape index (κ2) is 5.62. The van der Waals surface area contributed by atoms with E-state index >= 15 is 0 Å². The predicted molar refractivity (Wildman–Crippen MR) is 72.8 cm³/mol. The van der Waals surface area contributed by atoms with E-state index in [1.165, 1.54) is 0 Å². The van der Waals surface area contributed by atoms with Crippen molar-refractivity contribution in [2.24, 2.45) is 11.7 Å². The standard InChI is InChI=1S/C13H17N5O/c1-9(2)12(14)13(19)17-10-4-3-5-11(6-10)18-7-15-16-8-18/h3-9,12H,14H2,1-2H3,(H,17,19)/t12-/m0/s1. The van der Waals surface area contributed by atoms with Crippen molar-refractivity contribution < 1.29 is 4.79 Å². The van der Waals surface area contributed by atoms with Crippen molar-refractivity contribution in [2.45, 2.75) is 19.9 Å². The van der Waals surface area contributed by atoms with Gasteiger partial charge in [0.05, 0.1) is 11.7 Å². The number of nitrogens with zero attached hydrogens (tertiary/aromatic N) is 3. The van der Waals surface area contributed by atoms with E-state index in [-0.39, 0.29) is 11.8 Å². The number of benzene rings is 1. The number of rotatable bonds is 4. The van der Waals surface area contributed by atoms with Gasteiger partial charge in [-0.1, -0.05) is 19.9 Å². The molecule has 0 radical (unpaired) electrons. The molecule has 0 saturated heterocycles. The predicted octanol–water partition coefficient (Wildman–Crippen LogP) is 1.19. The number of amides is 1.